The highest BCUT2D eigenvalue weighted by atomic mass is 19.1. The number of hydrogen-bond donors (Lipinski definition) is 1. The van der Waals surface area contributed by atoms with Gasteiger partial charge in [-0.3, -0.25) is 4.68 Å². The van der Waals surface area contributed by atoms with Gasteiger partial charge in [-0.1, -0.05) is 19.1 Å². The van der Waals surface area contributed by atoms with E-state index in [1.807, 2.05) is 14.0 Å². The minimum absolute atomic E-state index is 0.246. The second-order valence-corrected chi connectivity index (χ2v) is 3.69. The first-order valence-electron chi connectivity index (χ1n) is 5.20. The maximum absolute atomic E-state index is 12.8. The Balaban J connectivity index is 2.58. The van der Waals surface area contributed by atoms with Gasteiger partial charge in [0.05, 0.1) is 5.69 Å². The highest BCUT2D eigenvalue weighted by molar-refractivity contribution is 5.76. The highest BCUT2D eigenvalue weighted by Crippen LogP contribution is 2.29. The molecule has 0 radical (unpaired) electrons. The van der Waals surface area contributed by atoms with Crippen LogP contribution in [0.4, 0.5) is 10.2 Å². The number of nitrogen functional groups attached to an aromatic ring is 1. The Morgan fingerprint density at radius 1 is 1.31 bits per heavy atom. The van der Waals surface area contributed by atoms with Crippen molar-refractivity contribution in [2.24, 2.45) is 7.05 Å². The highest BCUT2D eigenvalue weighted by Gasteiger charge is 2.13. The molecule has 1 aromatic carbocycles. The standard InChI is InChI=1S/C12H14FN3/c1-3-10-11(12(14)16(2)15-10)8-4-6-9(13)7-5-8/h4-7H,3,14H2,1-2H3. The van der Waals surface area contributed by atoms with Crippen LogP contribution in [0.1, 0.15) is 12.6 Å². The van der Waals surface area contributed by atoms with Crippen LogP contribution in [0.25, 0.3) is 11.1 Å². The molecule has 0 atom stereocenters. The predicted octanol–water partition coefficient (Wildman–Crippen LogP) is 2.37. The fraction of sp³-hybridized carbons (Fsp3) is 0.250. The number of rotatable bonds is 2. The largest absolute Gasteiger partial charge is 0.383 e. The van der Waals surface area contributed by atoms with Crippen LogP contribution in [0, 0.1) is 5.82 Å². The maximum atomic E-state index is 12.8. The van der Waals surface area contributed by atoms with Crippen molar-refractivity contribution in [2.45, 2.75) is 13.3 Å². The van der Waals surface area contributed by atoms with Crippen molar-refractivity contribution < 1.29 is 4.39 Å². The van der Waals surface area contributed by atoms with E-state index in [0.29, 0.717) is 5.82 Å². The number of hydrogen-bond acceptors (Lipinski definition) is 2. The minimum atomic E-state index is -0.246. The molecule has 1 heterocycles. The fourth-order valence-corrected chi connectivity index (χ4v) is 1.77. The zero-order chi connectivity index (χ0) is 11.7. The van der Waals surface area contributed by atoms with Crippen molar-refractivity contribution >= 4 is 5.82 Å². The molecule has 0 bridgehead atoms. The van der Waals surface area contributed by atoms with Gasteiger partial charge in [0.2, 0.25) is 0 Å². The van der Waals surface area contributed by atoms with Crippen molar-refractivity contribution in [3.63, 3.8) is 0 Å². The van der Waals surface area contributed by atoms with Gasteiger partial charge in [0.25, 0.3) is 0 Å². The van der Waals surface area contributed by atoms with Gasteiger partial charge in [0, 0.05) is 12.6 Å². The van der Waals surface area contributed by atoms with E-state index in [0.717, 1.165) is 23.2 Å². The molecular formula is C12H14FN3. The van der Waals surface area contributed by atoms with Gasteiger partial charge >= 0.3 is 0 Å². The molecule has 2 N–H and O–H groups in total. The molecule has 3 nitrogen and oxygen atoms in total. The first-order chi connectivity index (χ1) is 7.63. The first-order valence-corrected chi connectivity index (χ1v) is 5.20. The number of aromatic nitrogens is 2. The van der Waals surface area contributed by atoms with Gasteiger partial charge < -0.3 is 5.73 Å². The number of halogens is 1. The molecule has 0 amide bonds. The van der Waals surface area contributed by atoms with Gasteiger partial charge in [0.15, 0.2) is 0 Å². The van der Waals surface area contributed by atoms with Crippen LogP contribution in [0.5, 0.6) is 0 Å². The molecule has 84 valence electrons. The predicted molar refractivity (Wildman–Crippen MR) is 62.4 cm³/mol. The quantitative estimate of drug-likeness (QED) is 0.842. The van der Waals surface area contributed by atoms with Crippen LogP contribution in [-0.2, 0) is 13.5 Å². The van der Waals surface area contributed by atoms with Gasteiger partial charge in [-0.2, -0.15) is 5.10 Å². The molecule has 2 aromatic rings. The summed E-state index contributed by atoms with van der Waals surface area (Å²) < 4.78 is 14.5. The number of aryl methyl sites for hydroxylation is 2. The number of nitrogens with two attached hydrogens (primary N) is 1. The number of nitrogens with zero attached hydrogens (tertiary/aromatic N) is 2. The molecule has 4 heteroatoms. The zero-order valence-corrected chi connectivity index (χ0v) is 9.37. The summed E-state index contributed by atoms with van der Waals surface area (Å²) in [4.78, 5) is 0. The molecule has 0 aliphatic rings. The SMILES string of the molecule is CCc1nn(C)c(N)c1-c1ccc(F)cc1. The summed E-state index contributed by atoms with van der Waals surface area (Å²) in [5, 5.41) is 4.33. The molecule has 0 aliphatic carbocycles. The topological polar surface area (TPSA) is 43.8 Å². The monoisotopic (exact) mass is 219 g/mol. The molecule has 1 aromatic heterocycles. The molecule has 0 saturated carbocycles. The first kappa shape index (κ1) is 10.7. The fourth-order valence-electron chi connectivity index (χ4n) is 1.77. The van der Waals surface area contributed by atoms with E-state index in [1.165, 1.54) is 12.1 Å². The second kappa shape index (κ2) is 3.96. The smallest absolute Gasteiger partial charge is 0.129 e. The van der Waals surface area contributed by atoms with Crippen molar-refractivity contribution in [1.29, 1.82) is 0 Å². The average molecular weight is 219 g/mol. The molecule has 0 spiro atoms. The van der Waals surface area contributed by atoms with Gasteiger partial charge in [-0.05, 0) is 24.1 Å². The summed E-state index contributed by atoms with van der Waals surface area (Å²) in [6, 6.07) is 6.31. The van der Waals surface area contributed by atoms with Crippen molar-refractivity contribution in [1.82, 2.24) is 9.78 Å². The summed E-state index contributed by atoms with van der Waals surface area (Å²) in [5.41, 5.74) is 8.71. The molecule has 0 unspecified atom stereocenters. The van der Waals surface area contributed by atoms with E-state index in [-0.39, 0.29) is 5.82 Å². The third-order valence-electron chi connectivity index (χ3n) is 2.63. The van der Waals surface area contributed by atoms with Crippen LogP contribution in [0.15, 0.2) is 24.3 Å². The van der Waals surface area contributed by atoms with Crippen molar-refractivity contribution in [3.8, 4) is 11.1 Å². The minimum Gasteiger partial charge on any atom is -0.383 e. The van der Waals surface area contributed by atoms with Crippen LogP contribution in [0.3, 0.4) is 0 Å². The Morgan fingerprint density at radius 2 is 1.94 bits per heavy atom. The van der Waals surface area contributed by atoms with Gasteiger partial charge in [-0.25, -0.2) is 4.39 Å². The van der Waals surface area contributed by atoms with E-state index in [2.05, 4.69) is 5.10 Å². The van der Waals surface area contributed by atoms with E-state index in [1.54, 1.807) is 16.8 Å². The lowest BCUT2D eigenvalue weighted by atomic mass is 10.0. The average Bonchev–Trinajstić information content (AvgIpc) is 2.57. The van der Waals surface area contributed by atoms with Crippen LogP contribution in [0.2, 0.25) is 0 Å². The lowest BCUT2D eigenvalue weighted by Gasteiger charge is -2.02. The lowest BCUT2D eigenvalue weighted by molar-refractivity contribution is 0.628. The van der Waals surface area contributed by atoms with Gasteiger partial charge in [0.1, 0.15) is 11.6 Å². The summed E-state index contributed by atoms with van der Waals surface area (Å²) >= 11 is 0. The second-order valence-electron chi connectivity index (χ2n) is 3.69. The van der Waals surface area contributed by atoms with E-state index in [4.69, 9.17) is 5.73 Å². The molecule has 0 aliphatic heterocycles. The third-order valence-corrected chi connectivity index (χ3v) is 2.63. The lowest BCUT2D eigenvalue weighted by Crippen LogP contribution is -1.98. The van der Waals surface area contributed by atoms with E-state index < -0.39 is 0 Å². The molecule has 0 saturated heterocycles. The van der Waals surface area contributed by atoms with E-state index >= 15 is 0 Å². The Morgan fingerprint density at radius 3 is 2.50 bits per heavy atom. The molecule has 16 heavy (non-hydrogen) atoms. The van der Waals surface area contributed by atoms with Crippen molar-refractivity contribution in [3.05, 3.63) is 35.8 Å². The Labute approximate surface area is 93.7 Å². The molecular weight excluding hydrogens is 205 g/mol. The number of anilines is 1. The summed E-state index contributed by atoms with van der Waals surface area (Å²) in [7, 11) is 1.81. The third kappa shape index (κ3) is 1.66. The molecule has 2 rings (SSSR count). The summed E-state index contributed by atoms with van der Waals surface area (Å²) in [6.07, 6.45) is 0.803. The zero-order valence-electron chi connectivity index (χ0n) is 9.37. The maximum Gasteiger partial charge on any atom is 0.129 e. The Bertz CT molecular complexity index is 500. The van der Waals surface area contributed by atoms with Crippen LogP contribution >= 0.6 is 0 Å². The summed E-state index contributed by atoms with van der Waals surface area (Å²) in [6.45, 7) is 2.02. The Hall–Kier alpha value is -1.84. The van der Waals surface area contributed by atoms with E-state index in [9.17, 15) is 4.39 Å². The van der Waals surface area contributed by atoms with Gasteiger partial charge in [-0.15, -0.1) is 0 Å². The summed E-state index contributed by atoms with van der Waals surface area (Å²) in [5.74, 6) is 0.368. The normalized spacial score (nSPS) is 10.7. The number of benzene rings is 1. The van der Waals surface area contributed by atoms with Crippen LogP contribution in [-0.4, -0.2) is 9.78 Å². The Kier molecular flexibility index (Phi) is 2.64. The van der Waals surface area contributed by atoms with Crippen LogP contribution < -0.4 is 5.73 Å². The van der Waals surface area contributed by atoms with Crippen molar-refractivity contribution in [2.75, 3.05) is 5.73 Å². The molecule has 0 fully saturated rings.